The van der Waals surface area contributed by atoms with E-state index in [9.17, 15) is 19.2 Å². The quantitative estimate of drug-likeness (QED) is 0.0577. The number of amidine groups is 1. The summed E-state index contributed by atoms with van der Waals surface area (Å²) in [5.74, 6) is -1.67. The Bertz CT molecular complexity index is 1710. The molecule has 1 aliphatic carbocycles. The number of methoxy groups -OCH3 is 1. The smallest absolute Gasteiger partial charge is 0.357 e. The minimum Gasteiger partial charge on any atom is -0.496 e. The molecule has 0 aliphatic heterocycles. The van der Waals surface area contributed by atoms with Crippen LogP contribution in [0.4, 0.5) is 0 Å². The molecule has 12 nitrogen and oxygen atoms in total. The first kappa shape index (κ1) is 35.5. The number of rotatable bonds is 16. The number of carbonyl (C=O) groups excluding carboxylic acids is 4. The van der Waals surface area contributed by atoms with Gasteiger partial charge in [-0.1, -0.05) is 50.8 Å². The van der Waals surface area contributed by atoms with Gasteiger partial charge in [-0.15, -0.1) is 0 Å². The number of hydrogen-bond acceptors (Lipinski definition) is 10. The number of amides is 1. The fourth-order valence-corrected chi connectivity index (χ4v) is 4.79. The van der Waals surface area contributed by atoms with Crippen molar-refractivity contribution in [1.82, 2.24) is 10.3 Å². The first-order valence-corrected chi connectivity index (χ1v) is 15.6. The van der Waals surface area contributed by atoms with Crippen LogP contribution in [-0.4, -0.2) is 67.4 Å². The molecule has 12 heteroatoms. The number of aromatic nitrogens is 1. The minimum atomic E-state index is -0.893. The minimum absolute atomic E-state index is 0.00574. The third kappa shape index (κ3) is 8.91. The number of nitrogens with one attached hydrogen (secondary N) is 2. The zero-order chi connectivity index (χ0) is 35.0. The van der Waals surface area contributed by atoms with Crippen molar-refractivity contribution in [2.24, 2.45) is 23.3 Å². The first-order chi connectivity index (χ1) is 22.9. The van der Waals surface area contributed by atoms with Crippen LogP contribution in [0.2, 0.25) is 0 Å². The SMILES string of the molecule is C=Cc1cc(C(=O)Cc2ccc(C(=N)N)cc2)c(-c2ccc(C(=O)NCC3CC3)nc2C(=O)OCCOC(=O)[C@@H](N)C(C)C)cc1OC. The van der Waals surface area contributed by atoms with Crippen molar-refractivity contribution < 1.29 is 33.4 Å². The molecule has 48 heavy (non-hydrogen) atoms. The average Bonchev–Trinajstić information content (AvgIpc) is 3.92. The van der Waals surface area contributed by atoms with Crippen LogP contribution < -0.4 is 21.5 Å². The van der Waals surface area contributed by atoms with Gasteiger partial charge in [0, 0.05) is 35.2 Å². The van der Waals surface area contributed by atoms with Crippen molar-refractivity contribution in [1.29, 1.82) is 5.41 Å². The Balaban J connectivity index is 1.71. The number of ketones is 1. The number of pyridine rings is 1. The van der Waals surface area contributed by atoms with Gasteiger partial charge in [-0.2, -0.15) is 0 Å². The maximum atomic E-state index is 13.9. The fourth-order valence-electron chi connectivity index (χ4n) is 4.79. The lowest BCUT2D eigenvalue weighted by Crippen LogP contribution is -2.37. The molecule has 1 aliphatic rings. The molecule has 1 atom stereocenters. The van der Waals surface area contributed by atoms with E-state index in [0.29, 0.717) is 40.5 Å². The predicted molar refractivity (Wildman–Crippen MR) is 181 cm³/mol. The van der Waals surface area contributed by atoms with Crippen LogP contribution >= 0.6 is 0 Å². The van der Waals surface area contributed by atoms with Gasteiger partial charge in [-0.05, 0) is 60.1 Å². The number of benzene rings is 2. The Morgan fingerprint density at radius 1 is 1.04 bits per heavy atom. The lowest BCUT2D eigenvalue weighted by atomic mass is 9.90. The van der Waals surface area contributed by atoms with E-state index >= 15 is 0 Å². The predicted octanol–water partition coefficient (Wildman–Crippen LogP) is 3.93. The largest absolute Gasteiger partial charge is 0.496 e. The number of hydrogen-bond donors (Lipinski definition) is 4. The molecule has 0 radical (unpaired) electrons. The number of nitrogens with zero attached hydrogens (tertiary/aromatic N) is 1. The van der Waals surface area contributed by atoms with Gasteiger partial charge in [0.25, 0.3) is 5.91 Å². The van der Waals surface area contributed by atoms with Crippen LogP contribution in [0.5, 0.6) is 5.75 Å². The van der Waals surface area contributed by atoms with Gasteiger partial charge < -0.3 is 31.0 Å². The molecule has 3 aromatic rings. The highest BCUT2D eigenvalue weighted by atomic mass is 16.6. The van der Waals surface area contributed by atoms with Crippen LogP contribution in [0, 0.1) is 17.2 Å². The molecule has 4 rings (SSSR count). The normalized spacial score (nSPS) is 12.9. The molecule has 0 bridgehead atoms. The van der Waals surface area contributed by atoms with Crippen LogP contribution in [0.1, 0.15) is 74.7 Å². The zero-order valence-corrected chi connectivity index (χ0v) is 27.3. The molecule has 1 heterocycles. The van der Waals surface area contributed by atoms with Gasteiger partial charge in [-0.25, -0.2) is 9.78 Å². The summed E-state index contributed by atoms with van der Waals surface area (Å²) in [4.78, 5) is 57.0. The second-order valence-electron chi connectivity index (χ2n) is 11.9. The highest BCUT2D eigenvalue weighted by molar-refractivity contribution is 6.07. The highest BCUT2D eigenvalue weighted by Gasteiger charge is 2.27. The average molecular weight is 656 g/mol. The third-order valence-electron chi connectivity index (χ3n) is 7.93. The number of nitrogen functional groups attached to an aromatic ring is 1. The van der Waals surface area contributed by atoms with E-state index < -0.39 is 23.9 Å². The summed E-state index contributed by atoms with van der Waals surface area (Å²) in [5, 5.41) is 10.5. The lowest BCUT2D eigenvalue weighted by Gasteiger charge is -2.17. The monoisotopic (exact) mass is 655 g/mol. The highest BCUT2D eigenvalue weighted by Crippen LogP contribution is 2.35. The molecule has 1 amide bonds. The molecular formula is C36H41N5O7. The third-order valence-corrected chi connectivity index (χ3v) is 7.93. The molecule has 1 aromatic heterocycles. The summed E-state index contributed by atoms with van der Waals surface area (Å²) >= 11 is 0. The molecule has 1 saturated carbocycles. The van der Waals surface area contributed by atoms with Crippen LogP contribution in [-0.2, 0) is 20.7 Å². The molecule has 0 spiro atoms. The standard InChI is InChI=1S/C36H41N5O7/c1-5-23-17-27(29(42)16-21-8-10-24(11-9-21)33(38)39)26(18-30(23)46-4)25-12-13-28(34(43)40-19-22-6-7-22)41-32(25)36(45)48-15-14-47-35(44)31(37)20(2)3/h5,8-13,17-18,20,22,31H,1,6-7,14-16,19,37H2,2-4H3,(H3,38,39)(H,40,43)/t31-/m0/s1. The Morgan fingerprint density at radius 3 is 2.33 bits per heavy atom. The molecular weight excluding hydrogens is 614 g/mol. The summed E-state index contributed by atoms with van der Waals surface area (Å²) in [5.41, 5.74) is 13.7. The van der Waals surface area contributed by atoms with Crippen molar-refractivity contribution in [3.63, 3.8) is 0 Å². The van der Waals surface area contributed by atoms with Gasteiger partial charge in [-0.3, -0.25) is 19.8 Å². The Hall–Kier alpha value is -5.36. The molecule has 0 unspecified atom stereocenters. The summed E-state index contributed by atoms with van der Waals surface area (Å²) in [6.07, 6.45) is 3.62. The van der Waals surface area contributed by atoms with E-state index in [-0.39, 0.29) is 59.7 Å². The van der Waals surface area contributed by atoms with E-state index in [1.54, 1.807) is 56.3 Å². The first-order valence-electron chi connectivity index (χ1n) is 15.6. The van der Waals surface area contributed by atoms with Gasteiger partial charge in [0.2, 0.25) is 0 Å². The van der Waals surface area contributed by atoms with Gasteiger partial charge in [0.15, 0.2) is 11.5 Å². The lowest BCUT2D eigenvalue weighted by molar-refractivity contribution is -0.147. The summed E-state index contributed by atoms with van der Waals surface area (Å²) in [6, 6.07) is 12.2. The fraction of sp³-hybridized carbons (Fsp3) is 0.333. The summed E-state index contributed by atoms with van der Waals surface area (Å²) in [7, 11) is 1.47. The van der Waals surface area contributed by atoms with Crippen molar-refractivity contribution >= 4 is 35.5 Å². The number of nitrogens with two attached hydrogens (primary N) is 2. The van der Waals surface area contributed by atoms with Crippen molar-refractivity contribution in [2.75, 3.05) is 26.9 Å². The van der Waals surface area contributed by atoms with E-state index in [4.69, 9.17) is 31.1 Å². The molecule has 0 saturated heterocycles. The maximum Gasteiger partial charge on any atom is 0.357 e. The number of carbonyl (C=O) groups is 4. The van der Waals surface area contributed by atoms with E-state index in [2.05, 4.69) is 16.9 Å². The van der Waals surface area contributed by atoms with E-state index in [0.717, 1.165) is 12.8 Å². The van der Waals surface area contributed by atoms with E-state index in [1.807, 2.05) is 0 Å². The number of esters is 2. The maximum absolute atomic E-state index is 13.9. The topological polar surface area (TPSA) is 197 Å². The van der Waals surface area contributed by atoms with Gasteiger partial charge in [0.1, 0.15) is 36.5 Å². The molecule has 252 valence electrons. The van der Waals surface area contributed by atoms with Crippen LogP contribution in [0.3, 0.4) is 0 Å². The Kier molecular flexibility index (Phi) is 11.8. The van der Waals surface area contributed by atoms with Crippen LogP contribution in [0.15, 0.2) is 55.1 Å². The zero-order valence-electron chi connectivity index (χ0n) is 27.3. The molecule has 6 N–H and O–H groups in total. The number of Topliss-reactive ketones (excluding diaryl/α,β-unsaturated/α-hetero) is 1. The van der Waals surface area contributed by atoms with Gasteiger partial charge in [0.05, 0.1) is 7.11 Å². The van der Waals surface area contributed by atoms with Crippen molar-refractivity contribution in [3.05, 3.63) is 88.8 Å². The van der Waals surface area contributed by atoms with Gasteiger partial charge >= 0.3 is 11.9 Å². The Morgan fingerprint density at radius 2 is 1.73 bits per heavy atom. The summed E-state index contributed by atoms with van der Waals surface area (Å²) in [6.45, 7) is 7.37. The second-order valence-corrected chi connectivity index (χ2v) is 11.9. The Labute approximate surface area is 279 Å². The van der Waals surface area contributed by atoms with E-state index in [1.165, 1.54) is 19.2 Å². The molecule has 2 aromatic carbocycles. The summed E-state index contributed by atoms with van der Waals surface area (Å²) < 4.78 is 16.2. The molecule has 1 fully saturated rings. The van der Waals surface area contributed by atoms with Crippen LogP contribution in [0.25, 0.3) is 17.2 Å². The van der Waals surface area contributed by atoms with Crippen molar-refractivity contribution in [3.8, 4) is 16.9 Å². The van der Waals surface area contributed by atoms with Crippen molar-refractivity contribution in [2.45, 2.75) is 39.2 Å². The number of ether oxygens (including phenoxy) is 3. The second kappa shape index (κ2) is 16.0.